The number of thioether (sulfide) groups is 1. The van der Waals surface area contributed by atoms with Crippen molar-refractivity contribution >= 4 is 89.7 Å². The van der Waals surface area contributed by atoms with Gasteiger partial charge < -0.3 is 9.47 Å². The highest BCUT2D eigenvalue weighted by molar-refractivity contribution is 9.10. The van der Waals surface area contributed by atoms with E-state index < -0.39 is 11.8 Å². The molecule has 1 saturated heterocycles. The van der Waals surface area contributed by atoms with Gasteiger partial charge in [0, 0.05) is 20.6 Å². The molecule has 0 spiro atoms. The van der Waals surface area contributed by atoms with Gasteiger partial charge in [0.2, 0.25) is 0 Å². The molecule has 4 rings (SSSR count). The Morgan fingerprint density at radius 1 is 1.14 bits per heavy atom. The van der Waals surface area contributed by atoms with Crippen molar-refractivity contribution in [2.45, 2.75) is 13.5 Å². The summed E-state index contributed by atoms with van der Waals surface area (Å²) in [5.74, 6) is 0.169. The molecule has 3 aromatic carbocycles. The number of rotatable bonds is 8. The number of carbonyl (C=O) groups excluding carboxylic acids is 2. The highest BCUT2D eigenvalue weighted by Gasteiger charge is 2.34. The number of amides is 2. The number of nitrogens with zero attached hydrogens (tertiary/aromatic N) is 1. The van der Waals surface area contributed by atoms with Crippen molar-refractivity contribution in [2.75, 3.05) is 6.61 Å². The van der Waals surface area contributed by atoms with Gasteiger partial charge in [-0.05, 0) is 89.2 Å². The molecule has 1 N–H and O–H groups in total. The van der Waals surface area contributed by atoms with Crippen molar-refractivity contribution in [3.8, 4) is 11.5 Å². The van der Waals surface area contributed by atoms with E-state index in [9.17, 15) is 9.59 Å². The number of benzene rings is 3. The molecule has 1 aliphatic rings. The van der Waals surface area contributed by atoms with Crippen molar-refractivity contribution in [1.82, 2.24) is 10.4 Å². The van der Waals surface area contributed by atoms with Crippen LogP contribution in [0, 0.1) is 0 Å². The molecule has 190 valence electrons. The second-order valence-electron chi connectivity index (χ2n) is 7.61. The van der Waals surface area contributed by atoms with E-state index in [-0.39, 0.29) is 10.9 Å². The number of hydrogen-bond acceptors (Lipinski definition) is 6. The Morgan fingerprint density at radius 3 is 2.57 bits per heavy atom. The zero-order chi connectivity index (χ0) is 26.5. The Kier molecular flexibility index (Phi) is 9.31. The maximum absolute atomic E-state index is 13.0. The van der Waals surface area contributed by atoms with Crippen LogP contribution in [0.2, 0.25) is 5.02 Å². The smallest absolute Gasteiger partial charge is 0.285 e. The average Bonchev–Trinajstić information content (AvgIpc) is 3.12. The van der Waals surface area contributed by atoms with Crippen LogP contribution in [-0.2, 0) is 11.4 Å². The average molecular weight is 683 g/mol. The molecule has 2 amide bonds. The molecule has 1 heterocycles. The molecule has 0 unspecified atom stereocenters. The van der Waals surface area contributed by atoms with E-state index in [0.717, 1.165) is 26.8 Å². The number of ether oxygens (including phenoxy) is 2. The van der Waals surface area contributed by atoms with Crippen LogP contribution in [0.1, 0.15) is 28.4 Å². The Balaban J connectivity index is 1.53. The third-order valence-electron chi connectivity index (χ3n) is 5.07. The molecule has 1 aliphatic heterocycles. The van der Waals surface area contributed by atoms with Crippen molar-refractivity contribution in [3.63, 3.8) is 0 Å². The van der Waals surface area contributed by atoms with Crippen LogP contribution in [0.15, 0.2) is 74.5 Å². The van der Waals surface area contributed by atoms with Crippen molar-refractivity contribution in [3.05, 3.63) is 96.2 Å². The summed E-state index contributed by atoms with van der Waals surface area (Å²) in [6.45, 7) is 2.55. The van der Waals surface area contributed by atoms with Crippen LogP contribution in [0.25, 0.3) is 6.08 Å². The van der Waals surface area contributed by atoms with Crippen molar-refractivity contribution < 1.29 is 19.1 Å². The first-order valence-electron chi connectivity index (χ1n) is 10.9. The number of carbonyl (C=O) groups is 2. The molecule has 37 heavy (non-hydrogen) atoms. The second-order valence-corrected chi connectivity index (χ2v) is 11.5. The maximum atomic E-state index is 13.0. The summed E-state index contributed by atoms with van der Waals surface area (Å²) >= 11 is 19.6. The molecule has 0 aliphatic carbocycles. The summed E-state index contributed by atoms with van der Waals surface area (Å²) in [5.41, 5.74) is 4.52. The first-order valence-corrected chi connectivity index (χ1v) is 14.1. The SMILES string of the molecule is CCOc1cc(/C=C2\SC(=S)N(NC(=O)c3ccc(Br)cc3)C2=O)cc(Br)c1OCc1ccccc1Cl. The maximum Gasteiger partial charge on any atom is 0.285 e. The number of hydrogen-bond donors (Lipinski definition) is 1. The molecular weight excluding hydrogens is 664 g/mol. The minimum Gasteiger partial charge on any atom is -0.490 e. The van der Waals surface area contributed by atoms with Crippen LogP contribution < -0.4 is 14.9 Å². The summed E-state index contributed by atoms with van der Waals surface area (Å²) in [4.78, 5) is 26.0. The van der Waals surface area contributed by atoms with Gasteiger partial charge in [0.25, 0.3) is 11.8 Å². The Labute approximate surface area is 245 Å². The Hall–Kier alpha value is -2.37. The van der Waals surface area contributed by atoms with Gasteiger partial charge in [0.15, 0.2) is 15.8 Å². The predicted molar refractivity (Wildman–Crippen MR) is 158 cm³/mol. The first kappa shape index (κ1) is 27.7. The lowest BCUT2D eigenvalue weighted by Gasteiger charge is -2.16. The first-order chi connectivity index (χ1) is 17.8. The molecule has 0 saturated carbocycles. The van der Waals surface area contributed by atoms with E-state index in [4.69, 9.17) is 33.3 Å². The van der Waals surface area contributed by atoms with Crippen LogP contribution in [0.3, 0.4) is 0 Å². The molecule has 1 fully saturated rings. The Morgan fingerprint density at radius 2 is 1.86 bits per heavy atom. The van der Waals surface area contributed by atoms with Crippen LogP contribution in [0.4, 0.5) is 0 Å². The zero-order valence-corrected chi connectivity index (χ0v) is 24.9. The number of hydrazine groups is 1. The van der Waals surface area contributed by atoms with Gasteiger partial charge in [-0.3, -0.25) is 15.0 Å². The highest BCUT2D eigenvalue weighted by atomic mass is 79.9. The summed E-state index contributed by atoms with van der Waals surface area (Å²) in [6, 6.07) is 17.8. The normalized spacial score (nSPS) is 14.3. The Bertz CT molecular complexity index is 1400. The lowest BCUT2D eigenvalue weighted by molar-refractivity contribution is -0.123. The molecule has 3 aromatic rings. The lowest BCUT2D eigenvalue weighted by atomic mass is 10.1. The van der Waals surface area contributed by atoms with E-state index in [0.29, 0.717) is 43.6 Å². The molecule has 11 heteroatoms. The van der Waals surface area contributed by atoms with E-state index in [1.165, 1.54) is 0 Å². The van der Waals surface area contributed by atoms with E-state index >= 15 is 0 Å². The molecule has 6 nitrogen and oxygen atoms in total. The fourth-order valence-electron chi connectivity index (χ4n) is 3.32. The van der Waals surface area contributed by atoms with E-state index in [2.05, 4.69) is 37.3 Å². The fourth-order valence-corrected chi connectivity index (χ4v) is 5.53. The quantitative estimate of drug-likeness (QED) is 0.198. The van der Waals surface area contributed by atoms with Crippen molar-refractivity contribution in [1.29, 1.82) is 0 Å². The van der Waals surface area contributed by atoms with E-state index in [1.54, 1.807) is 42.5 Å². The summed E-state index contributed by atoms with van der Waals surface area (Å²) in [5, 5.41) is 1.69. The third kappa shape index (κ3) is 6.74. The third-order valence-corrected chi connectivity index (χ3v) is 7.86. The van der Waals surface area contributed by atoms with Crippen LogP contribution >= 0.6 is 67.4 Å². The number of thiocarbonyl (C=S) groups is 1. The molecule has 0 bridgehead atoms. The number of nitrogens with one attached hydrogen (secondary N) is 1. The van der Waals surface area contributed by atoms with Gasteiger partial charge in [0.1, 0.15) is 6.61 Å². The van der Waals surface area contributed by atoms with E-state index in [1.807, 2.05) is 31.2 Å². The lowest BCUT2D eigenvalue weighted by Crippen LogP contribution is -2.44. The van der Waals surface area contributed by atoms with Gasteiger partial charge in [0.05, 0.1) is 16.0 Å². The molecule has 0 radical (unpaired) electrons. The summed E-state index contributed by atoms with van der Waals surface area (Å²) in [7, 11) is 0. The number of halogens is 3. The van der Waals surface area contributed by atoms with Gasteiger partial charge in [-0.2, -0.15) is 5.01 Å². The van der Waals surface area contributed by atoms with Gasteiger partial charge in [-0.25, -0.2) is 0 Å². The van der Waals surface area contributed by atoms with Crippen molar-refractivity contribution in [2.24, 2.45) is 0 Å². The topological polar surface area (TPSA) is 67.9 Å². The van der Waals surface area contributed by atoms with Gasteiger partial charge >= 0.3 is 0 Å². The summed E-state index contributed by atoms with van der Waals surface area (Å²) < 4.78 is 13.6. The zero-order valence-electron chi connectivity index (χ0n) is 19.3. The summed E-state index contributed by atoms with van der Waals surface area (Å²) in [6.07, 6.45) is 1.69. The van der Waals surface area contributed by atoms with Gasteiger partial charge in [-0.1, -0.05) is 57.5 Å². The predicted octanol–water partition coefficient (Wildman–Crippen LogP) is 7.39. The van der Waals surface area contributed by atoms with Crippen LogP contribution in [0.5, 0.6) is 11.5 Å². The molecular formula is C26H19Br2ClN2O4S2. The largest absolute Gasteiger partial charge is 0.490 e. The molecule has 0 atom stereocenters. The standard InChI is InChI=1S/C26H19Br2ClN2O4S2/c1-2-34-21-12-15(11-19(28)23(21)35-14-17-5-3-4-6-20(17)29)13-22-25(33)31(26(36)37-22)30-24(32)16-7-9-18(27)10-8-16/h3-13H,2,14H2,1H3,(H,30,32)/b22-13-. The highest BCUT2D eigenvalue weighted by Crippen LogP contribution is 2.40. The van der Waals surface area contributed by atoms with Crippen LogP contribution in [-0.4, -0.2) is 27.8 Å². The second kappa shape index (κ2) is 12.4. The monoisotopic (exact) mass is 680 g/mol. The minimum atomic E-state index is -0.438. The minimum absolute atomic E-state index is 0.227. The molecule has 0 aromatic heterocycles. The van der Waals surface area contributed by atoms with Gasteiger partial charge in [-0.15, -0.1) is 0 Å². The fraction of sp³-hybridized carbons (Fsp3) is 0.115.